The van der Waals surface area contributed by atoms with Crippen LogP contribution < -0.4 is 5.32 Å². The Balaban J connectivity index is 1.67. The highest BCUT2D eigenvalue weighted by atomic mass is 16.7. The van der Waals surface area contributed by atoms with E-state index < -0.39 is 86.8 Å². The molecule has 2 aliphatic rings. The van der Waals surface area contributed by atoms with Crippen molar-refractivity contribution in [2.75, 3.05) is 19.8 Å². The lowest BCUT2D eigenvalue weighted by Gasteiger charge is -2.46. The minimum atomic E-state index is -1.78. The lowest BCUT2D eigenvalue weighted by Crippen LogP contribution is -2.65. The molecule has 0 radical (unpaired) electrons. The van der Waals surface area contributed by atoms with Crippen molar-refractivity contribution in [1.82, 2.24) is 5.32 Å². The maximum absolute atomic E-state index is 13.3. The zero-order valence-electron chi connectivity index (χ0n) is 50.8. The number of unbranched alkanes of at least 4 members (excludes halogenated alkanes) is 27. The van der Waals surface area contributed by atoms with Gasteiger partial charge in [0.25, 0.3) is 0 Å². The van der Waals surface area contributed by atoms with Crippen molar-refractivity contribution in [3.63, 3.8) is 0 Å². The van der Waals surface area contributed by atoms with Crippen molar-refractivity contribution < 1.29 is 64.6 Å². The summed E-state index contributed by atoms with van der Waals surface area (Å²) < 4.78 is 22.9. The van der Waals surface area contributed by atoms with E-state index in [1.54, 1.807) is 0 Å². The van der Waals surface area contributed by atoms with Crippen molar-refractivity contribution in [3.8, 4) is 0 Å². The molecule has 470 valence electrons. The first-order valence-electron chi connectivity index (χ1n) is 32.7. The van der Waals surface area contributed by atoms with Crippen LogP contribution in [0.3, 0.4) is 0 Å². The van der Waals surface area contributed by atoms with E-state index in [1.807, 2.05) is 0 Å². The highest BCUT2D eigenvalue weighted by Crippen LogP contribution is 2.30. The van der Waals surface area contributed by atoms with Crippen LogP contribution in [0.15, 0.2) is 72.9 Å². The van der Waals surface area contributed by atoms with Gasteiger partial charge < -0.3 is 65.1 Å². The molecule has 2 saturated heterocycles. The van der Waals surface area contributed by atoms with E-state index in [2.05, 4.69) is 92.1 Å². The van der Waals surface area contributed by atoms with E-state index in [4.69, 9.17) is 18.9 Å². The van der Waals surface area contributed by atoms with E-state index in [1.165, 1.54) is 128 Å². The molecule has 0 spiro atoms. The minimum Gasteiger partial charge on any atom is -0.394 e. The van der Waals surface area contributed by atoms with Gasteiger partial charge in [-0.2, -0.15) is 0 Å². The lowest BCUT2D eigenvalue weighted by molar-refractivity contribution is -0.359. The smallest absolute Gasteiger partial charge is 0.220 e. The van der Waals surface area contributed by atoms with E-state index in [9.17, 15) is 45.6 Å². The summed E-state index contributed by atoms with van der Waals surface area (Å²) >= 11 is 0. The normalized spacial score (nSPS) is 24.6. The van der Waals surface area contributed by atoms with Gasteiger partial charge >= 0.3 is 0 Å². The van der Waals surface area contributed by atoms with Gasteiger partial charge in [-0.1, -0.05) is 254 Å². The molecule has 2 rings (SSSR count). The molecule has 9 N–H and O–H groups in total. The average Bonchev–Trinajstić information content (AvgIpc) is 3.47. The molecule has 0 aliphatic carbocycles. The Morgan fingerprint density at radius 3 is 1.31 bits per heavy atom. The summed E-state index contributed by atoms with van der Waals surface area (Å²) in [6.07, 6.45) is 51.9. The summed E-state index contributed by atoms with van der Waals surface area (Å²) in [7, 11) is 0. The van der Waals surface area contributed by atoms with Crippen LogP contribution in [-0.4, -0.2) is 140 Å². The van der Waals surface area contributed by atoms with Crippen LogP contribution in [0, 0.1) is 0 Å². The molecule has 0 aromatic heterocycles. The first-order valence-corrected chi connectivity index (χ1v) is 32.7. The summed E-state index contributed by atoms with van der Waals surface area (Å²) in [5.41, 5.74) is 0. The monoisotopic (exact) mass is 1150 g/mol. The van der Waals surface area contributed by atoms with Gasteiger partial charge in [-0.05, 0) is 64.2 Å². The van der Waals surface area contributed by atoms with Gasteiger partial charge in [0.05, 0.1) is 32.0 Å². The molecule has 2 fully saturated rings. The molecule has 2 heterocycles. The van der Waals surface area contributed by atoms with E-state index in [0.717, 1.165) is 96.3 Å². The molecule has 0 saturated carbocycles. The first kappa shape index (κ1) is 74.5. The van der Waals surface area contributed by atoms with Crippen LogP contribution in [0.25, 0.3) is 0 Å². The number of nitrogens with one attached hydrogen (secondary N) is 1. The molecule has 1 amide bonds. The summed E-state index contributed by atoms with van der Waals surface area (Å²) in [6, 6.07) is -0.833. The standard InChI is InChI=1S/C67H119NO13/c1-3-5-7-9-11-13-15-17-19-21-22-23-24-25-26-27-28-29-30-31-32-33-34-35-37-39-41-43-45-47-49-51-59(72)68-55(56(71)50-48-46-44-42-40-38-36-20-18-16-14-12-10-8-6-4-2)54-78-66-64(77)62(75)65(58(53-70)80-66)81-67-63(76)61(74)60(73)57(52-69)79-67/h5,7,11,13,17,19,22-23,25-26,28-29,55-58,60-67,69-71,73-77H,3-4,6,8-10,12,14-16,18,20-21,24,27,30-54H2,1-2H3,(H,68,72)/b7-5-,13-11-,19-17-,23-22-,26-25-,29-28-. The molecular formula is C67H119NO13. The van der Waals surface area contributed by atoms with Crippen LogP contribution in [0.1, 0.15) is 251 Å². The fourth-order valence-corrected chi connectivity index (χ4v) is 10.5. The van der Waals surface area contributed by atoms with Crippen molar-refractivity contribution in [2.24, 2.45) is 0 Å². The Labute approximate surface area is 491 Å². The topological polar surface area (TPSA) is 228 Å². The molecule has 14 heteroatoms. The number of hydrogen-bond donors (Lipinski definition) is 9. The molecule has 0 aromatic rings. The highest BCUT2D eigenvalue weighted by molar-refractivity contribution is 5.76. The molecule has 12 unspecified atom stereocenters. The highest BCUT2D eigenvalue weighted by Gasteiger charge is 2.51. The predicted octanol–water partition coefficient (Wildman–Crippen LogP) is 12.3. The average molecular weight is 1150 g/mol. The Morgan fingerprint density at radius 2 is 0.852 bits per heavy atom. The first-order chi connectivity index (χ1) is 39.6. The van der Waals surface area contributed by atoms with Gasteiger partial charge in [0, 0.05) is 6.42 Å². The number of hydrogen-bond acceptors (Lipinski definition) is 13. The quantitative estimate of drug-likeness (QED) is 0.0204. The van der Waals surface area contributed by atoms with Crippen LogP contribution in [0.2, 0.25) is 0 Å². The van der Waals surface area contributed by atoms with Crippen LogP contribution in [0.4, 0.5) is 0 Å². The molecule has 14 nitrogen and oxygen atoms in total. The van der Waals surface area contributed by atoms with Crippen LogP contribution >= 0.6 is 0 Å². The Kier molecular flexibility index (Phi) is 47.7. The van der Waals surface area contributed by atoms with Gasteiger partial charge in [-0.15, -0.1) is 0 Å². The summed E-state index contributed by atoms with van der Waals surface area (Å²) in [6.45, 7) is 2.76. The zero-order valence-corrected chi connectivity index (χ0v) is 50.8. The van der Waals surface area contributed by atoms with Gasteiger partial charge in [-0.25, -0.2) is 0 Å². The number of aliphatic hydroxyl groups excluding tert-OH is 8. The SMILES string of the molecule is CC/C=C\C/C=C\C/C=C\C/C=C\C/C=C\C/C=C\CCCCCCCCCCCCCCC(=O)NC(COC1OC(CO)C(OC2OC(CO)C(O)C(O)C2O)C(O)C1O)C(O)CCCCCCCCCCCCCCCCCC. The van der Waals surface area contributed by atoms with Gasteiger partial charge in [0.15, 0.2) is 12.6 Å². The Bertz CT molecular complexity index is 1630. The third-order valence-electron chi connectivity index (χ3n) is 15.7. The number of amides is 1. The number of rotatable bonds is 52. The summed E-state index contributed by atoms with van der Waals surface area (Å²) in [5, 5.41) is 87.4. The molecule has 2 aliphatic heterocycles. The number of ether oxygens (including phenoxy) is 4. The van der Waals surface area contributed by atoms with E-state index in [-0.39, 0.29) is 12.5 Å². The molecule has 12 atom stereocenters. The van der Waals surface area contributed by atoms with Crippen LogP contribution in [-0.2, 0) is 23.7 Å². The maximum Gasteiger partial charge on any atom is 0.220 e. The fourth-order valence-electron chi connectivity index (χ4n) is 10.5. The fraction of sp³-hybridized carbons (Fsp3) is 0.806. The van der Waals surface area contributed by atoms with Gasteiger partial charge in [-0.3, -0.25) is 4.79 Å². The lowest BCUT2D eigenvalue weighted by atomic mass is 9.97. The second kappa shape index (κ2) is 51.8. The van der Waals surface area contributed by atoms with Crippen LogP contribution in [0.5, 0.6) is 0 Å². The molecular weight excluding hydrogens is 1030 g/mol. The summed E-state index contributed by atoms with van der Waals surface area (Å²) in [4.78, 5) is 13.3. The van der Waals surface area contributed by atoms with E-state index in [0.29, 0.717) is 12.8 Å². The number of aliphatic hydroxyl groups is 8. The number of allylic oxidation sites excluding steroid dienone is 12. The third-order valence-corrected chi connectivity index (χ3v) is 15.7. The Hall–Kier alpha value is -2.57. The van der Waals surface area contributed by atoms with Gasteiger partial charge in [0.1, 0.15) is 48.8 Å². The molecule has 0 bridgehead atoms. The third kappa shape index (κ3) is 36.8. The maximum atomic E-state index is 13.3. The van der Waals surface area contributed by atoms with Crippen molar-refractivity contribution in [1.29, 1.82) is 0 Å². The molecule has 0 aromatic carbocycles. The second-order valence-electron chi connectivity index (χ2n) is 22.9. The second-order valence-corrected chi connectivity index (χ2v) is 22.9. The number of carbonyl (C=O) groups is 1. The minimum absolute atomic E-state index is 0.210. The predicted molar refractivity (Wildman–Crippen MR) is 327 cm³/mol. The Morgan fingerprint density at radius 1 is 0.457 bits per heavy atom. The summed E-state index contributed by atoms with van der Waals surface area (Å²) in [5.74, 6) is -0.210. The largest absolute Gasteiger partial charge is 0.394 e. The van der Waals surface area contributed by atoms with Crippen molar-refractivity contribution >= 4 is 5.91 Å². The van der Waals surface area contributed by atoms with Gasteiger partial charge in [0.2, 0.25) is 5.91 Å². The zero-order chi connectivity index (χ0) is 58.8. The van der Waals surface area contributed by atoms with Crippen molar-refractivity contribution in [3.05, 3.63) is 72.9 Å². The van der Waals surface area contributed by atoms with E-state index >= 15 is 0 Å². The van der Waals surface area contributed by atoms with Crippen molar-refractivity contribution in [2.45, 2.75) is 325 Å². The number of carbonyl (C=O) groups excluding carboxylic acids is 1. The molecule has 81 heavy (non-hydrogen) atoms.